The maximum absolute atomic E-state index is 12.9. The first-order chi connectivity index (χ1) is 14.0. The maximum Gasteiger partial charge on any atom is 0.255 e. The van der Waals surface area contributed by atoms with Crippen molar-refractivity contribution in [1.29, 1.82) is 0 Å². The number of aryl methyl sites for hydroxylation is 1. The molecule has 0 aromatic heterocycles. The minimum atomic E-state index is -0.0796. The van der Waals surface area contributed by atoms with Crippen molar-refractivity contribution in [2.45, 2.75) is 64.7 Å². The molecule has 0 bridgehead atoms. The molecule has 0 unspecified atom stereocenters. The van der Waals surface area contributed by atoms with Gasteiger partial charge < -0.3 is 10.1 Å². The van der Waals surface area contributed by atoms with Gasteiger partial charge in [0.2, 0.25) is 0 Å². The molecule has 1 heterocycles. The molecule has 2 aromatic carbocycles. The van der Waals surface area contributed by atoms with E-state index in [1.54, 1.807) is 0 Å². The minimum absolute atomic E-state index is 0.0796. The summed E-state index contributed by atoms with van der Waals surface area (Å²) < 4.78 is 5.79. The maximum atomic E-state index is 12.9. The number of ether oxygens (including phenoxy) is 1. The fourth-order valence-electron chi connectivity index (χ4n) is 4.58. The van der Waals surface area contributed by atoms with Crippen LogP contribution in [0, 0.1) is 6.92 Å². The fourth-order valence-corrected chi connectivity index (χ4v) is 4.58. The highest BCUT2D eigenvalue weighted by Gasteiger charge is 2.22. The van der Waals surface area contributed by atoms with Gasteiger partial charge in [-0.1, -0.05) is 50.8 Å². The van der Waals surface area contributed by atoms with Crippen LogP contribution < -0.4 is 10.1 Å². The topological polar surface area (TPSA) is 38.3 Å². The Bertz CT molecular complexity index is 936. The molecule has 0 radical (unpaired) electrons. The molecule has 0 atom stereocenters. The van der Waals surface area contributed by atoms with E-state index in [9.17, 15) is 4.79 Å². The molecule has 152 valence electrons. The number of rotatable bonds is 4. The van der Waals surface area contributed by atoms with Crippen molar-refractivity contribution in [3.63, 3.8) is 0 Å². The van der Waals surface area contributed by atoms with Crippen molar-refractivity contribution >= 4 is 17.7 Å². The Morgan fingerprint density at radius 1 is 1.07 bits per heavy atom. The van der Waals surface area contributed by atoms with E-state index in [1.807, 2.05) is 31.2 Å². The van der Waals surface area contributed by atoms with E-state index in [4.69, 9.17) is 4.74 Å². The number of nitrogens with one attached hydrogen (secondary N) is 1. The third kappa shape index (κ3) is 4.39. The zero-order valence-electron chi connectivity index (χ0n) is 17.8. The molecular formula is C26H31NO2. The van der Waals surface area contributed by atoms with Gasteiger partial charge in [0.15, 0.2) is 0 Å². The Labute approximate surface area is 174 Å². The van der Waals surface area contributed by atoms with Crippen molar-refractivity contribution in [2.75, 3.05) is 11.9 Å². The van der Waals surface area contributed by atoms with Crippen LogP contribution in [0.4, 0.5) is 5.69 Å². The van der Waals surface area contributed by atoms with Gasteiger partial charge in [-0.3, -0.25) is 4.79 Å². The highest BCUT2D eigenvalue weighted by molar-refractivity contribution is 6.07. The highest BCUT2D eigenvalue weighted by atomic mass is 16.5. The largest absolute Gasteiger partial charge is 0.488 e. The monoisotopic (exact) mass is 389 g/mol. The van der Waals surface area contributed by atoms with Crippen LogP contribution >= 0.6 is 0 Å². The predicted molar refractivity (Wildman–Crippen MR) is 120 cm³/mol. The van der Waals surface area contributed by atoms with E-state index in [2.05, 4.69) is 37.4 Å². The van der Waals surface area contributed by atoms with Crippen LogP contribution in [0.25, 0.3) is 6.08 Å². The van der Waals surface area contributed by atoms with Crippen LogP contribution in [-0.2, 0) is 4.79 Å². The highest BCUT2D eigenvalue weighted by Crippen LogP contribution is 2.38. The van der Waals surface area contributed by atoms with Gasteiger partial charge in [0.25, 0.3) is 5.91 Å². The second kappa shape index (κ2) is 8.44. The van der Waals surface area contributed by atoms with Gasteiger partial charge in [-0.25, -0.2) is 0 Å². The molecule has 2 aromatic rings. The summed E-state index contributed by atoms with van der Waals surface area (Å²) in [6.45, 7) is 6.86. The van der Waals surface area contributed by atoms with Gasteiger partial charge in [0, 0.05) is 11.3 Å². The van der Waals surface area contributed by atoms with Crippen LogP contribution in [-0.4, -0.2) is 12.5 Å². The van der Waals surface area contributed by atoms with Gasteiger partial charge in [-0.05, 0) is 73.1 Å². The van der Waals surface area contributed by atoms with Crippen LogP contribution in [0.15, 0.2) is 42.0 Å². The molecule has 3 nitrogen and oxygen atoms in total. The number of hydrogen-bond acceptors (Lipinski definition) is 2. The summed E-state index contributed by atoms with van der Waals surface area (Å²) >= 11 is 0. The summed E-state index contributed by atoms with van der Waals surface area (Å²) in [6.07, 6.45) is 8.42. The number of anilines is 1. The first-order valence-electron chi connectivity index (χ1n) is 10.9. The molecule has 29 heavy (non-hydrogen) atoms. The van der Waals surface area contributed by atoms with Gasteiger partial charge in [-0.15, -0.1) is 0 Å². The van der Waals surface area contributed by atoms with Crippen molar-refractivity contribution in [1.82, 2.24) is 0 Å². The molecule has 1 fully saturated rings. The van der Waals surface area contributed by atoms with Crippen molar-refractivity contribution in [3.8, 4) is 5.75 Å². The predicted octanol–water partition coefficient (Wildman–Crippen LogP) is 6.58. The van der Waals surface area contributed by atoms with E-state index in [1.165, 1.54) is 43.2 Å². The summed E-state index contributed by atoms with van der Waals surface area (Å²) in [7, 11) is 0. The first-order valence-corrected chi connectivity index (χ1v) is 10.9. The molecule has 4 rings (SSSR count). The van der Waals surface area contributed by atoms with E-state index >= 15 is 0 Å². The number of amides is 1. The summed E-state index contributed by atoms with van der Waals surface area (Å²) in [5, 5.41) is 3.12. The Balaban J connectivity index is 1.57. The zero-order valence-corrected chi connectivity index (χ0v) is 17.8. The van der Waals surface area contributed by atoms with Crippen molar-refractivity contribution in [2.24, 2.45) is 0 Å². The fraction of sp³-hybridized carbons (Fsp3) is 0.423. The third-order valence-corrected chi connectivity index (χ3v) is 6.18. The van der Waals surface area contributed by atoms with Gasteiger partial charge in [0.05, 0.1) is 5.57 Å². The van der Waals surface area contributed by atoms with E-state index in [0.717, 1.165) is 22.6 Å². The molecule has 1 amide bonds. The molecule has 1 aliphatic carbocycles. The lowest BCUT2D eigenvalue weighted by Crippen LogP contribution is -2.21. The number of carbonyl (C=O) groups excluding carboxylic acids is 1. The summed E-state index contributed by atoms with van der Waals surface area (Å²) in [5.74, 6) is 1.87. The molecule has 1 saturated carbocycles. The molecule has 1 N–H and O–H groups in total. The average Bonchev–Trinajstić information content (AvgIpc) is 2.73. The summed E-state index contributed by atoms with van der Waals surface area (Å²) in [4.78, 5) is 12.9. The Morgan fingerprint density at radius 2 is 1.86 bits per heavy atom. The lowest BCUT2D eigenvalue weighted by Gasteiger charge is -2.26. The van der Waals surface area contributed by atoms with Gasteiger partial charge >= 0.3 is 0 Å². The first kappa shape index (κ1) is 19.8. The quantitative estimate of drug-likeness (QED) is 0.641. The molecule has 0 spiro atoms. The summed E-state index contributed by atoms with van der Waals surface area (Å²) in [6, 6.07) is 12.5. The molecule has 3 heteroatoms. The molecular weight excluding hydrogens is 358 g/mol. The number of hydrogen-bond donors (Lipinski definition) is 1. The Morgan fingerprint density at radius 3 is 2.62 bits per heavy atom. The standard InChI is InChI=1S/C26H31NO2/c1-17(2)23-11-10-22(15-24(23)19-7-5-4-6-8-19)27-26(28)21-14-20-13-18(3)9-12-25(20)29-16-21/h9-15,17,19H,4-8,16H2,1-3H3,(H,27,28). The van der Waals surface area contributed by atoms with Crippen LogP contribution in [0.1, 0.15) is 80.0 Å². The molecule has 1 aliphatic heterocycles. The normalized spacial score (nSPS) is 16.8. The zero-order chi connectivity index (χ0) is 20.4. The van der Waals surface area contributed by atoms with E-state index < -0.39 is 0 Å². The van der Waals surface area contributed by atoms with E-state index in [0.29, 0.717) is 24.0 Å². The number of benzene rings is 2. The van der Waals surface area contributed by atoms with Gasteiger partial charge in [-0.2, -0.15) is 0 Å². The minimum Gasteiger partial charge on any atom is -0.488 e. The lowest BCUT2D eigenvalue weighted by molar-refractivity contribution is -0.113. The summed E-state index contributed by atoms with van der Waals surface area (Å²) in [5.41, 5.74) is 6.52. The number of carbonyl (C=O) groups is 1. The van der Waals surface area contributed by atoms with Crippen molar-refractivity contribution < 1.29 is 9.53 Å². The molecule has 2 aliphatic rings. The van der Waals surface area contributed by atoms with E-state index in [-0.39, 0.29) is 5.91 Å². The lowest BCUT2D eigenvalue weighted by atomic mass is 9.80. The SMILES string of the molecule is Cc1ccc2c(c1)C=C(C(=O)Nc1ccc(C(C)C)c(C3CCCCC3)c1)CO2. The number of fused-ring (bicyclic) bond motifs is 1. The van der Waals surface area contributed by atoms with Crippen LogP contribution in [0.5, 0.6) is 5.75 Å². The van der Waals surface area contributed by atoms with Crippen molar-refractivity contribution in [3.05, 3.63) is 64.2 Å². The van der Waals surface area contributed by atoms with Crippen LogP contribution in [0.2, 0.25) is 0 Å². The Hall–Kier alpha value is -2.55. The third-order valence-electron chi connectivity index (χ3n) is 6.18. The van der Waals surface area contributed by atoms with Crippen LogP contribution in [0.3, 0.4) is 0 Å². The molecule has 0 saturated heterocycles. The average molecular weight is 390 g/mol. The van der Waals surface area contributed by atoms with Gasteiger partial charge in [0.1, 0.15) is 12.4 Å². The Kier molecular flexibility index (Phi) is 5.75. The smallest absolute Gasteiger partial charge is 0.255 e. The second-order valence-corrected chi connectivity index (χ2v) is 8.79. The second-order valence-electron chi connectivity index (χ2n) is 8.79.